The summed E-state index contributed by atoms with van der Waals surface area (Å²) in [6.45, 7) is 0. The Labute approximate surface area is 97.0 Å². The van der Waals surface area contributed by atoms with Gasteiger partial charge in [-0.2, -0.15) is 0 Å². The number of nitro benzene ring substituents is 1. The number of rotatable bonds is 4. The maximum Gasteiger partial charge on any atom is 0.345 e. The highest BCUT2D eigenvalue weighted by atomic mass is 16.6. The first-order chi connectivity index (χ1) is 8.06. The van der Waals surface area contributed by atoms with Crippen LogP contribution in [0.3, 0.4) is 0 Å². The van der Waals surface area contributed by atoms with Gasteiger partial charge in [0.25, 0.3) is 0 Å². The van der Waals surface area contributed by atoms with Crippen LogP contribution in [0.5, 0.6) is 11.5 Å². The van der Waals surface area contributed by atoms with E-state index in [0.717, 1.165) is 7.11 Å². The van der Waals surface area contributed by atoms with Gasteiger partial charge in [0, 0.05) is 0 Å². The fraction of sp³-hybridized carbons (Fsp3) is 0.300. The number of ether oxygens (including phenoxy) is 3. The van der Waals surface area contributed by atoms with Gasteiger partial charge in [0.2, 0.25) is 5.75 Å². The predicted octanol–water partition coefficient (Wildman–Crippen LogP) is 1.40. The summed E-state index contributed by atoms with van der Waals surface area (Å²) < 4.78 is 14.3. The number of benzene rings is 1. The van der Waals surface area contributed by atoms with Gasteiger partial charge in [-0.15, -0.1) is 0 Å². The van der Waals surface area contributed by atoms with E-state index in [1.165, 1.54) is 26.4 Å². The number of hydrogen-bond donors (Lipinski definition) is 0. The molecule has 7 heteroatoms. The number of carbonyl (C=O) groups excluding carboxylic acids is 1. The normalized spacial score (nSPS) is 9.59. The molecule has 0 bridgehead atoms. The van der Waals surface area contributed by atoms with Crippen molar-refractivity contribution in [3.8, 4) is 11.5 Å². The predicted molar refractivity (Wildman–Crippen MR) is 57.5 cm³/mol. The average molecular weight is 241 g/mol. The first kappa shape index (κ1) is 12.8. The molecule has 0 aromatic heterocycles. The lowest BCUT2D eigenvalue weighted by atomic mass is 10.1. The van der Waals surface area contributed by atoms with Crippen LogP contribution >= 0.6 is 0 Å². The summed E-state index contributed by atoms with van der Waals surface area (Å²) in [5.41, 5.74) is -0.658. The van der Waals surface area contributed by atoms with Crippen molar-refractivity contribution >= 4 is 11.7 Å². The van der Waals surface area contributed by atoms with Crippen molar-refractivity contribution in [2.75, 3.05) is 21.3 Å². The largest absolute Gasteiger partial charge is 0.493 e. The van der Waals surface area contributed by atoms with Gasteiger partial charge in [-0.1, -0.05) is 0 Å². The van der Waals surface area contributed by atoms with Crippen LogP contribution in [0, 0.1) is 10.1 Å². The molecular weight excluding hydrogens is 230 g/mol. The summed E-state index contributed by atoms with van der Waals surface area (Å²) in [6.07, 6.45) is 0. The van der Waals surface area contributed by atoms with Gasteiger partial charge in [-0.05, 0) is 12.1 Å². The third-order valence-electron chi connectivity index (χ3n) is 2.11. The van der Waals surface area contributed by atoms with Crippen molar-refractivity contribution in [2.24, 2.45) is 0 Å². The summed E-state index contributed by atoms with van der Waals surface area (Å²) >= 11 is 0. The lowest BCUT2D eigenvalue weighted by molar-refractivity contribution is -0.386. The van der Waals surface area contributed by atoms with E-state index in [4.69, 9.17) is 9.47 Å². The maximum absolute atomic E-state index is 11.4. The summed E-state index contributed by atoms with van der Waals surface area (Å²) in [5.74, 6) is -0.745. The topological polar surface area (TPSA) is 87.9 Å². The van der Waals surface area contributed by atoms with Crippen molar-refractivity contribution in [1.29, 1.82) is 0 Å². The molecule has 0 N–H and O–H groups in total. The van der Waals surface area contributed by atoms with Gasteiger partial charge in [0.15, 0.2) is 5.75 Å². The van der Waals surface area contributed by atoms with Gasteiger partial charge in [-0.25, -0.2) is 4.79 Å². The molecule has 0 atom stereocenters. The minimum atomic E-state index is -0.808. The third kappa shape index (κ3) is 2.27. The van der Waals surface area contributed by atoms with Crippen molar-refractivity contribution in [3.63, 3.8) is 0 Å². The first-order valence-electron chi connectivity index (χ1n) is 4.54. The number of methoxy groups -OCH3 is 3. The molecular formula is C10H11NO6. The summed E-state index contributed by atoms with van der Waals surface area (Å²) in [7, 11) is 3.74. The smallest absolute Gasteiger partial charge is 0.345 e. The highest BCUT2D eigenvalue weighted by molar-refractivity contribution is 5.95. The van der Waals surface area contributed by atoms with Crippen LogP contribution in [-0.4, -0.2) is 32.2 Å². The Morgan fingerprint density at radius 3 is 2.29 bits per heavy atom. The molecule has 1 rings (SSSR count). The monoisotopic (exact) mass is 241 g/mol. The number of esters is 1. The molecule has 0 spiro atoms. The molecule has 0 fully saturated rings. The standard InChI is InChI=1S/C10H11NO6/c1-15-7-5-4-6(10(12)17-3)8(11(13)14)9(7)16-2/h4-5H,1-3H3. The van der Waals surface area contributed by atoms with Crippen LogP contribution in [0.2, 0.25) is 0 Å². The quantitative estimate of drug-likeness (QED) is 0.449. The molecule has 7 nitrogen and oxygen atoms in total. The number of nitrogens with zero attached hydrogens (tertiary/aromatic N) is 1. The molecule has 0 aliphatic rings. The van der Waals surface area contributed by atoms with E-state index >= 15 is 0 Å². The molecule has 0 unspecified atom stereocenters. The molecule has 0 aliphatic carbocycles. The van der Waals surface area contributed by atoms with Gasteiger partial charge in [0.1, 0.15) is 5.56 Å². The molecule has 0 amide bonds. The molecule has 0 radical (unpaired) electrons. The zero-order chi connectivity index (χ0) is 13.0. The van der Waals surface area contributed by atoms with Crippen LogP contribution in [0.1, 0.15) is 10.4 Å². The zero-order valence-electron chi connectivity index (χ0n) is 9.55. The van der Waals surface area contributed by atoms with Crippen molar-refractivity contribution in [3.05, 3.63) is 27.8 Å². The molecule has 0 saturated heterocycles. The molecule has 0 heterocycles. The Bertz CT molecular complexity index is 456. The summed E-state index contributed by atoms with van der Waals surface area (Å²) in [5, 5.41) is 11.0. The second-order valence-corrected chi connectivity index (χ2v) is 2.95. The molecule has 17 heavy (non-hydrogen) atoms. The second kappa shape index (κ2) is 5.15. The lowest BCUT2D eigenvalue weighted by Crippen LogP contribution is -2.07. The Kier molecular flexibility index (Phi) is 3.86. The van der Waals surface area contributed by atoms with Crippen molar-refractivity contribution in [2.45, 2.75) is 0 Å². The molecule has 1 aromatic carbocycles. The summed E-state index contributed by atoms with van der Waals surface area (Å²) in [6, 6.07) is 2.66. The Balaban J connectivity index is 3.53. The third-order valence-corrected chi connectivity index (χ3v) is 2.11. The number of nitro groups is 1. The fourth-order valence-electron chi connectivity index (χ4n) is 1.37. The van der Waals surface area contributed by atoms with Gasteiger partial charge < -0.3 is 14.2 Å². The van der Waals surface area contributed by atoms with E-state index in [9.17, 15) is 14.9 Å². The lowest BCUT2D eigenvalue weighted by Gasteiger charge is -2.09. The Morgan fingerprint density at radius 2 is 1.88 bits per heavy atom. The van der Waals surface area contributed by atoms with E-state index in [1.807, 2.05) is 0 Å². The molecule has 0 saturated carbocycles. The number of carbonyl (C=O) groups is 1. The van der Waals surface area contributed by atoms with Gasteiger partial charge in [-0.3, -0.25) is 10.1 Å². The zero-order valence-corrected chi connectivity index (χ0v) is 9.55. The van der Waals surface area contributed by atoms with Crippen LogP contribution in [0.4, 0.5) is 5.69 Å². The SMILES string of the molecule is COC(=O)c1ccc(OC)c(OC)c1[N+](=O)[O-]. The average Bonchev–Trinajstić information content (AvgIpc) is 2.35. The minimum absolute atomic E-state index is 0.111. The van der Waals surface area contributed by atoms with Gasteiger partial charge in [0.05, 0.1) is 26.3 Å². The van der Waals surface area contributed by atoms with Crippen LogP contribution < -0.4 is 9.47 Å². The molecule has 0 aliphatic heterocycles. The minimum Gasteiger partial charge on any atom is -0.493 e. The number of hydrogen-bond acceptors (Lipinski definition) is 6. The van der Waals surface area contributed by atoms with E-state index in [1.54, 1.807) is 0 Å². The molecule has 92 valence electrons. The van der Waals surface area contributed by atoms with E-state index < -0.39 is 16.6 Å². The highest BCUT2D eigenvalue weighted by Crippen LogP contribution is 2.39. The second-order valence-electron chi connectivity index (χ2n) is 2.95. The Hall–Kier alpha value is -2.31. The van der Waals surface area contributed by atoms with Crippen LogP contribution in [0.15, 0.2) is 12.1 Å². The van der Waals surface area contributed by atoms with E-state index in [-0.39, 0.29) is 17.1 Å². The molecule has 1 aromatic rings. The van der Waals surface area contributed by atoms with E-state index in [2.05, 4.69) is 4.74 Å². The van der Waals surface area contributed by atoms with Crippen molar-refractivity contribution in [1.82, 2.24) is 0 Å². The fourth-order valence-corrected chi connectivity index (χ4v) is 1.37. The first-order valence-corrected chi connectivity index (χ1v) is 4.54. The Morgan fingerprint density at radius 1 is 1.24 bits per heavy atom. The van der Waals surface area contributed by atoms with Crippen molar-refractivity contribution < 1.29 is 23.9 Å². The highest BCUT2D eigenvalue weighted by Gasteiger charge is 2.29. The maximum atomic E-state index is 11.4. The van der Waals surface area contributed by atoms with Gasteiger partial charge >= 0.3 is 11.7 Å². The van der Waals surface area contributed by atoms with Crippen LogP contribution in [-0.2, 0) is 4.74 Å². The van der Waals surface area contributed by atoms with E-state index in [0.29, 0.717) is 0 Å². The van der Waals surface area contributed by atoms with Crippen LogP contribution in [0.25, 0.3) is 0 Å². The summed E-state index contributed by atoms with van der Waals surface area (Å²) in [4.78, 5) is 21.6.